The number of hydrogen-bond acceptors (Lipinski definition) is 6. The van der Waals surface area contributed by atoms with E-state index in [1.54, 1.807) is 6.07 Å². The van der Waals surface area contributed by atoms with Crippen LogP contribution in [0.25, 0.3) is 11.0 Å². The number of nitrogen functional groups attached to an aromatic ring is 1. The lowest BCUT2D eigenvalue weighted by Gasteiger charge is -2.26. The maximum Gasteiger partial charge on any atom is 0.164 e. The standard InChI is InChI=1S/C24H27FN4O3/c1-24(2)31-20-17(29-10-9-15-22(26)27-12-28-23(15)29)11-19(21(20)32-24)30-18-8-7-16(25)13-5-3-4-6-14(13)18/h7-10,12,17,19-21H,3-6,11H2,1-2H3,(H2,26,27,28)/t17-,19+,20+,21-/m1/s1. The second kappa shape index (κ2) is 7.15. The van der Waals surface area contributed by atoms with Gasteiger partial charge in [0.15, 0.2) is 5.79 Å². The van der Waals surface area contributed by atoms with Crippen molar-refractivity contribution in [1.82, 2.24) is 14.5 Å². The van der Waals surface area contributed by atoms with Crippen molar-refractivity contribution in [2.45, 2.75) is 76.1 Å². The molecule has 0 unspecified atom stereocenters. The van der Waals surface area contributed by atoms with Gasteiger partial charge < -0.3 is 24.5 Å². The summed E-state index contributed by atoms with van der Waals surface area (Å²) in [7, 11) is 0. The van der Waals surface area contributed by atoms with Gasteiger partial charge in [-0.05, 0) is 63.3 Å². The van der Waals surface area contributed by atoms with Crippen molar-refractivity contribution in [3.63, 3.8) is 0 Å². The Bertz CT molecular complexity index is 1190. The molecule has 0 bridgehead atoms. The molecule has 7 nitrogen and oxygen atoms in total. The monoisotopic (exact) mass is 438 g/mol. The Morgan fingerprint density at radius 2 is 1.88 bits per heavy atom. The molecule has 1 saturated carbocycles. The summed E-state index contributed by atoms with van der Waals surface area (Å²) in [5.74, 6) is 0.377. The average molecular weight is 439 g/mol. The molecule has 2 aromatic heterocycles. The molecule has 3 aliphatic rings. The second-order valence-electron chi connectivity index (χ2n) is 9.45. The third kappa shape index (κ3) is 3.08. The summed E-state index contributed by atoms with van der Waals surface area (Å²) in [5, 5.41) is 0.819. The first-order valence-corrected chi connectivity index (χ1v) is 11.3. The van der Waals surface area contributed by atoms with Crippen LogP contribution in [-0.2, 0) is 22.3 Å². The summed E-state index contributed by atoms with van der Waals surface area (Å²) in [6, 6.07) is 5.20. The largest absolute Gasteiger partial charge is 0.487 e. The van der Waals surface area contributed by atoms with E-state index in [1.807, 2.05) is 26.1 Å². The maximum atomic E-state index is 14.4. The van der Waals surface area contributed by atoms with E-state index >= 15 is 0 Å². The molecule has 0 radical (unpaired) electrons. The molecule has 4 atom stereocenters. The zero-order chi connectivity index (χ0) is 22.0. The first-order chi connectivity index (χ1) is 15.4. The summed E-state index contributed by atoms with van der Waals surface area (Å²) < 4.78 is 35.7. The lowest BCUT2D eigenvalue weighted by Crippen LogP contribution is -2.33. The SMILES string of the molecule is CC1(C)O[C@@H]2[C@H](O1)[C@@H](Oc1ccc(F)c3c1CCCC3)C[C@H]2n1ccc2c(N)ncnc21. The Balaban J connectivity index is 1.36. The average Bonchev–Trinajstić information content (AvgIpc) is 3.42. The van der Waals surface area contributed by atoms with Crippen molar-refractivity contribution in [3.8, 4) is 5.75 Å². The first kappa shape index (κ1) is 19.9. The van der Waals surface area contributed by atoms with E-state index in [9.17, 15) is 4.39 Å². The van der Waals surface area contributed by atoms with Gasteiger partial charge in [-0.3, -0.25) is 0 Å². The minimum Gasteiger partial charge on any atom is -0.487 e. The van der Waals surface area contributed by atoms with Crippen LogP contribution >= 0.6 is 0 Å². The van der Waals surface area contributed by atoms with E-state index in [-0.39, 0.29) is 30.2 Å². The summed E-state index contributed by atoms with van der Waals surface area (Å²) in [4.78, 5) is 8.56. The quantitative estimate of drug-likeness (QED) is 0.667. The van der Waals surface area contributed by atoms with Gasteiger partial charge >= 0.3 is 0 Å². The number of fused-ring (bicyclic) bond motifs is 3. The lowest BCUT2D eigenvalue weighted by atomic mass is 9.90. The van der Waals surface area contributed by atoms with Crippen LogP contribution in [0.2, 0.25) is 0 Å². The molecule has 0 amide bonds. The van der Waals surface area contributed by atoms with Gasteiger partial charge in [0.25, 0.3) is 0 Å². The smallest absolute Gasteiger partial charge is 0.164 e. The van der Waals surface area contributed by atoms with Crippen LogP contribution in [0.4, 0.5) is 10.2 Å². The number of anilines is 1. The molecule has 3 aromatic rings. The first-order valence-electron chi connectivity index (χ1n) is 11.3. The third-order valence-electron chi connectivity index (χ3n) is 6.99. The molecule has 168 valence electrons. The van der Waals surface area contributed by atoms with Gasteiger partial charge in [0.2, 0.25) is 0 Å². The van der Waals surface area contributed by atoms with E-state index in [2.05, 4.69) is 14.5 Å². The Labute approximate surface area is 185 Å². The predicted octanol–water partition coefficient (Wildman–Crippen LogP) is 3.94. The lowest BCUT2D eigenvalue weighted by molar-refractivity contribution is -0.163. The van der Waals surface area contributed by atoms with Gasteiger partial charge in [0.05, 0.1) is 11.4 Å². The zero-order valence-corrected chi connectivity index (χ0v) is 18.3. The number of nitrogens with zero attached hydrogens (tertiary/aromatic N) is 3. The van der Waals surface area contributed by atoms with Crippen molar-refractivity contribution >= 4 is 16.9 Å². The van der Waals surface area contributed by atoms with Crippen LogP contribution < -0.4 is 10.5 Å². The van der Waals surface area contributed by atoms with Gasteiger partial charge in [-0.1, -0.05) is 0 Å². The molecular weight excluding hydrogens is 411 g/mol. The van der Waals surface area contributed by atoms with E-state index in [1.165, 1.54) is 12.4 Å². The van der Waals surface area contributed by atoms with Gasteiger partial charge in [0.1, 0.15) is 47.7 Å². The van der Waals surface area contributed by atoms with E-state index in [4.69, 9.17) is 19.9 Å². The molecule has 3 heterocycles. The Morgan fingerprint density at radius 3 is 2.72 bits per heavy atom. The normalized spacial score (nSPS) is 28.6. The van der Waals surface area contributed by atoms with Crippen LogP contribution in [0, 0.1) is 5.82 Å². The summed E-state index contributed by atoms with van der Waals surface area (Å²) in [6.45, 7) is 3.85. The third-order valence-corrected chi connectivity index (χ3v) is 6.99. The van der Waals surface area contributed by atoms with Crippen LogP contribution in [-0.4, -0.2) is 38.6 Å². The van der Waals surface area contributed by atoms with Crippen molar-refractivity contribution in [2.24, 2.45) is 0 Å². The van der Waals surface area contributed by atoms with Crippen molar-refractivity contribution in [1.29, 1.82) is 0 Å². The Morgan fingerprint density at radius 1 is 1.09 bits per heavy atom. The molecular formula is C24H27FN4O3. The van der Waals surface area contributed by atoms with Crippen LogP contribution in [0.5, 0.6) is 5.75 Å². The van der Waals surface area contributed by atoms with Gasteiger partial charge in [-0.15, -0.1) is 0 Å². The molecule has 8 heteroatoms. The Kier molecular flexibility index (Phi) is 4.45. The number of ether oxygens (including phenoxy) is 3. The maximum absolute atomic E-state index is 14.4. The van der Waals surface area contributed by atoms with E-state index < -0.39 is 5.79 Å². The zero-order valence-electron chi connectivity index (χ0n) is 18.3. The number of benzene rings is 1. The molecule has 32 heavy (non-hydrogen) atoms. The van der Waals surface area contributed by atoms with Gasteiger partial charge in [-0.25, -0.2) is 14.4 Å². The molecule has 0 spiro atoms. The fourth-order valence-electron chi connectivity index (χ4n) is 5.62. The van der Waals surface area contributed by atoms with E-state index in [0.29, 0.717) is 12.2 Å². The minimum atomic E-state index is -0.713. The van der Waals surface area contributed by atoms with Crippen molar-refractivity contribution in [2.75, 3.05) is 5.73 Å². The highest BCUT2D eigenvalue weighted by atomic mass is 19.1. The number of nitrogens with two attached hydrogens (primary N) is 1. The number of rotatable bonds is 3. The second-order valence-corrected chi connectivity index (χ2v) is 9.45. The molecule has 2 aliphatic carbocycles. The highest BCUT2D eigenvalue weighted by Gasteiger charge is 2.56. The summed E-state index contributed by atoms with van der Waals surface area (Å²) >= 11 is 0. The highest BCUT2D eigenvalue weighted by Crippen LogP contribution is 2.47. The molecule has 6 rings (SSSR count). The van der Waals surface area contributed by atoms with Crippen LogP contribution in [0.1, 0.15) is 50.3 Å². The topological polar surface area (TPSA) is 84.4 Å². The molecule has 1 saturated heterocycles. The number of hydrogen-bond donors (Lipinski definition) is 1. The molecule has 1 aliphatic heterocycles. The van der Waals surface area contributed by atoms with Crippen LogP contribution in [0.15, 0.2) is 30.7 Å². The highest BCUT2D eigenvalue weighted by molar-refractivity contribution is 5.86. The van der Waals surface area contributed by atoms with Crippen LogP contribution in [0.3, 0.4) is 0 Å². The minimum absolute atomic E-state index is 0.0325. The number of halogens is 1. The fourth-order valence-corrected chi connectivity index (χ4v) is 5.62. The summed E-state index contributed by atoms with van der Waals surface area (Å²) in [5.41, 5.74) is 8.62. The predicted molar refractivity (Wildman–Crippen MR) is 117 cm³/mol. The summed E-state index contributed by atoms with van der Waals surface area (Å²) in [6.07, 6.45) is 7.16. The van der Waals surface area contributed by atoms with Crippen molar-refractivity contribution in [3.05, 3.63) is 47.7 Å². The van der Waals surface area contributed by atoms with Gasteiger partial charge in [-0.2, -0.15) is 0 Å². The van der Waals surface area contributed by atoms with Gasteiger partial charge in [0, 0.05) is 18.2 Å². The fraction of sp³-hybridized carbons (Fsp3) is 0.500. The van der Waals surface area contributed by atoms with Crippen molar-refractivity contribution < 1.29 is 18.6 Å². The number of aromatic nitrogens is 3. The molecule has 2 fully saturated rings. The Hall–Kier alpha value is -2.71. The van der Waals surface area contributed by atoms with E-state index in [0.717, 1.165) is 53.6 Å². The molecule has 1 aromatic carbocycles. The molecule has 2 N–H and O–H groups in total.